The normalized spacial score (nSPS) is 27.5. The molecule has 1 heterocycles. The van der Waals surface area contributed by atoms with E-state index in [-0.39, 0.29) is 11.9 Å². The smallest absolute Gasteiger partial charge is 0.287 e. The van der Waals surface area contributed by atoms with Crippen molar-refractivity contribution in [1.82, 2.24) is 5.32 Å². The highest BCUT2D eigenvalue weighted by molar-refractivity contribution is 9.11. The van der Waals surface area contributed by atoms with Crippen LogP contribution in [0, 0.1) is 17.8 Å². The Kier molecular flexibility index (Phi) is 4.04. The van der Waals surface area contributed by atoms with Crippen LogP contribution in [0.15, 0.2) is 31.6 Å². The Bertz CT molecular complexity index is 770. The first-order valence-electron chi connectivity index (χ1n) is 8.20. The van der Waals surface area contributed by atoms with Crippen molar-refractivity contribution in [3.63, 3.8) is 0 Å². The van der Waals surface area contributed by atoms with Gasteiger partial charge in [0.1, 0.15) is 5.58 Å². The lowest BCUT2D eigenvalue weighted by atomic mass is 9.84. The summed E-state index contributed by atoms with van der Waals surface area (Å²) in [6.07, 6.45) is 5.34. The van der Waals surface area contributed by atoms with E-state index in [4.69, 9.17) is 4.42 Å². The van der Waals surface area contributed by atoms with Gasteiger partial charge in [-0.3, -0.25) is 4.79 Å². The standard InChI is InChI=1S/C18H19Br2NO2/c1-9(14-5-10-2-3-11(14)4-10)21-18(22)16-7-12-6-13(19)8-15(20)17(12)23-16/h6-11,14H,2-5H2,1H3,(H,21,22)/t9-,10-,11-,14-/m0/s1. The third kappa shape index (κ3) is 2.86. The predicted molar refractivity (Wildman–Crippen MR) is 97.5 cm³/mol. The van der Waals surface area contributed by atoms with Crippen LogP contribution in [0.4, 0.5) is 0 Å². The van der Waals surface area contributed by atoms with Crippen LogP contribution in [0.25, 0.3) is 11.0 Å². The van der Waals surface area contributed by atoms with Gasteiger partial charge in [-0.1, -0.05) is 22.4 Å². The summed E-state index contributed by atoms with van der Waals surface area (Å²) in [5.74, 6) is 2.59. The zero-order chi connectivity index (χ0) is 16.1. The maximum atomic E-state index is 12.6. The summed E-state index contributed by atoms with van der Waals surface area (Å²) in [4.78, 5) is 12.6. The third-order valence-electron chi connectivity index (χ3n) is 5.55. The Hall–Kier alpha value is -0.810. The zero-order valence-corrected chi connectivity index (χ0v) is 16.1. The fourth-order valence-electron chi connectivity index (χ4n) is 4.48. The molecule has 2 aliphatic rings. The van der Waals surface area contributed by atoms with E-state index in [2.05, 4.69) is 44.1 Å². The highest BCUT2D eigenvalue weighted by Crippen LogP contribution is 2.49. The second-order valence-corrected chi connectivity index (χ2v) is 8.79. The highest BCUT2D eigenvalue weighted by atomic mass is 79.9. The van der Waals surface area contributed by atoms with Gasteiger partial charge in [0, 0.05) is 15.9 Å². The zero-order valence-electron chi connectivity index (χ0n) is 12.9. The molecule has 1 amide bonds. The fourth-order valence-corrected chi connectivity index (χ4v) is 5.82. The van der Waals surface area contributed by atoms with Crippen LogP contribution in [-0.4, -0.2) is 11.9 Å². The molecule has 2 aromatic rings. The largest absolute Gasteiger partial charge is 0.450 e. The Morgan fingerprint density at radius 2 is 2.09 bits per heavy atom. The molecular formula is C18H19Br2NO2. The molecule has 3 nitrogen and oxygen atoms in total. The number of amides is 1. The summed E-state index contributed by atoms with van der Waals surface area (Å²) < 4.78 is 7.57. The van der Waals surface area contributed by atoms with Crippen molar-refractivity contribution in [2.24, 2.45) is 17.8 Å². The minimum atomic E-state index is -0.112. The van der Waals surface area contributed by atoms with Gasteiger partial charge in [-0.2, -0.15) is 0 Å². The monoisotopic (exact) mass is 439 g/mol. The molecular weight excluding hydrogens is 422 g/mol. The second kappa shape index (κ2) is 5.92. The van der Waals surface area contributed by atoms with Gasteiger partial charge in [-0.05, 0) is 78.1 Å². The van der Waals surface area contributed by atoms with Crippen molar-refractivity contribution < 1.29 is 9.21 Å². The summed E-state index contributed by atoms with van der Waals surface area (Å²) in [6.45, 7) is 2.14. The van der Waals surface area contributed by atoms with Crippen LogP contribution in [0.5, 0.6) is 0 Å². The van der Waals surface area contributed by atoms with Crippen LogP contribution in [-0.2, 0) is 0 Å². The minimum absolute atomic E-state index is 0.112. The molecule has 0 spiro atoms. The Morgan fingerprint density at radius 1 is 1.26 bits per heavy atom. The first-order chi connectivity index (χ1) is 11.0. The van der Waals surface area contributed by atoms with Gasteiger partial charge in [0.15, 0.2) is 5.76 Å². The van der Waals surface area contributed by atoms with Crippen molar-refractivity contribution in [1.29, 1.82) is 0 Å². The predicted octanol–water partition coefficient (Wildman–Crippen LogP) is 5.51. The van der Waals surface area contributed by atoms with Crippen molar-refractivity contribution in [2.75, 3.05) is 0 Å². The molecule has 0 radical (unpaired) electrons. The molecule has 2 saturated carbocycles. The molecule has 2 bridgehead atoms. The number of carbonyl (C=O) groups is 1. The summed E-state index contributed by atoms with van der Waals surface area (Å²) in [7, 11) is 0. The number of fused-ring (bicyclic) bond motifs is 3. The quantitative estimate of drug-likeness (QED) is 0.683. The van der Waals surface area contributed by atoms with E-state index in [0.29, 0.717) is 17.3 Å². The number of hydrogen-bond acceptors (Lipinski definition) is 2. The summed E-state index contributed by atoms with van der Waals surface area (Å²) in [6, 6.07) is 5.90. The first kappa shape index (κ1) is 15.7. The molecule has 0 aliphatic heterocycles. The number of halogens is 2. The Morgan fingerprint density at radius 3 is 2.78 bits per heavy atom. The maximum absolute atomic E-state index is 12.6. The number of carbonyl (C=O) groups excluding carboxylic acids is 1. The van der Waals surface area contributed by atoms with Gasteiger partial charge < -0.3 is 9.73 Å². The molecule has 0 saturated heterocycles. The maximum Gasteiger partial charge on any atom is 0.287 e. The van der Waals surface area contributed by atoms with Crippen LogP contribution in [0.3, 0.4) is 0 Å². The van der Waals surface area contributed by atoms with E-state index in [1.165, 1.54) is 25.7 Å². The van der Waals surface area contributed by atoms with Gasteiger partial charge in [0.05, 0.1) is 4.47 Å². The van der Waals surface area contributed by atoms with Crippen LogP contribution in [0.2, 0.25) is 0 Å². The number of rotatable bonds is 3. The highest BCUT2D eigenvalue weighted by Gasteiger charge is 2.42. The lowest BCUT2D eigenvalue weighted by molar-refractivity contribution is 0.0889. The van der Waals surface area contributed by atoms with Crippen LogP contribution < -0.4 is 5.32 Å². The summed E-state index contributed by atoms with van der Waals surface area (Å²) >= 11 is 6.94. The van der Waals surface area contributed by atoms with Gasteiger partial charge in [0.25, 0.3) is 5.91 Å². The summed E-state index contributed by atoms with van der Waals surface area (Å²) in [5, 5.41) is 4.08. The van der Waals surface area contributed by atoms with E-state index < -0.39 is 0 Å². The molecule has 1 N–H and O–H groups in total. The molecule has 5 heteroatoms. The molecule has 1 aromatic heterocycles. The van der Waals surface area contributed by atoms with Crippen molar-refractivity contribution in [2.45, 2.75) is 38.6 Å². The van der Waals surface area contributed by atoms with Crippen LogP contribution >= 0.6 is 31.9 Å². The first-order valence-corrected chi connectivity index (χ1v) is 9.79. The minimum Gasteiger partial charge on any atom is -0.450 e. The van der Waals surface area contributed by atoms with Gasteiger partial charge >= 0.3 is 0 Å². The van der Waals surface area contributed by atoms with Gasteiger partial charge in [-0.15, -0.1) is 0 Å². The molecule has 2 fully saturated rings. The topological polar surface area (TPSA) is 42.2 Å². The lowest BCUT2D eigenvalue weighted by Crippen LogP contribution is -2.39. The number of benzene rings is 1. The molecule has 4 atom stereocenters. The van der Waals surface area contributed by atoms with E-state index in [9.17, 15) is 4.79 Å². The molecule has 4 rings (SSSR count). The molecule has 2 aliphatic carbocycles. The van der Waals surface area contributed by atoms with E-state index >= 15 is 0 Å². The third-order valence-corrected chi connectivity index (χ3v) is 6.60. The second-order valence-electron chi connectivity index (χ2n) is 7.02. The van der Waals surface area contributed by atoms with Crippen molar-refractivity contribution in [3.8, 4) is 0 Å². The molecule has 122 valence electrons. The van der Waals surface area contributed by atoms with E-state index in [0.717, 1.165) is 26.2 Å². The summed E-state index contributed by atoms with van der Waals surface area (Å²) in [5.41, 5.74) is 0.714. The average molecular weight is 441 g/mol. The van der Waals surface area contributed by atoms with Crippen LogP contribution in [0.1, 0.15) is 43.2 Å². The Labute approximate surface area is 152 Å². The van der Waals surface area contributed by atoms with E-state index in [1.807, 2.05) is 18.2 Å². The fraction of sp³-hybridized carbons (Fsp3) is 0.500. The Balaban J connectivity index is 1.51. The molecule has 0 unspecified atom stereocenters. The van der Waals surface area contributed by atoms with Gasteiger partial charge in [-0.25, -0.2) is 0 Å². The average Bonchev–Trinajstić information content (AvgIpc) is 3.21. The van der Waals surface area contributed by atoms with Gasteiger partial charge in [0.2, 0.25) is 0 Å². The number of furan rings is 1. The van der Waals surface area contributed by atoms with Crippen molar-refractivity contribution >= 4 is 48.7 Å². The van der Waals surface area contributed by atoms with Crippen molar-refractivity contribution in [3.05, 3.63) is 32.9 Å². The SMILES string of the molecule is C[C@H](NC(=O)c1cc2cc(Br)cc(Br)c2o1)[C@@H]1C[C@H]2CC[C@H]1C2. The van der Waals surface area contributed by atoms with E-state index in [1.54, 1.807) is 0 Å². The number of nitrogens with one attached hydrogen (secondary N) is 1. The molecule has 1 aromatic carbocycles. The number of hydrogen-bond donors (Lipinski definition) is 1. The molecule has 23 heavy (non-hydrogen) atoms. The lowest BCUT2D eigenvalue weighted by Gasteiger charge is -2.28.